The number of nitrogens with zero attached hydrogens (tertiary/aromatic N) is 2. The molecule has 1 aromatic rings. The minimum Gasteiger partial charge on any atom is -0.355 e. The molecule has 0 saturated heterocycles. The van der Waals surface area contributed by atoms with Gasteiger partial charge in [0.2, 0.25) is 0 Å². The fourth-order valence-electron chi connectivity index (χ4n) is 2.73. The van der Waals surface area contributed by atoms with Crippen LogP contribution >= 0.6 is 15.9 Å². The molecule has 0 atom stereocenters. The first-order chi connectivity index (χ1) is 12.3. The van der Waals surface area contributed by atoms with Gasteiger partial charge in [0.15, 0.2) is 5.96 Å². The van der Waals surface area contributed by atoms with Crippen LogP contribution in [0.3, 0.4) is 0 Å². The quantitative estimate of drug-likeness (QED) is 0.322. The highest BCUT2D eigenvalue weighted by Gasteiger charge is 2.12. The molecular weight excluding hydrogens is 394 g/mol. The third-order valence-corrected chi connectivity index (χ3v) is 4.50. The lowest BCUT2D eigenvalue weighted by Gasteiger charge is -2.30. The van der Waals surface area contributed by atoms with Crippen molar-refractivity contribution in [1.29, 1.82) is 0 Å². The lowest BCUT2D eigenvalue weighted by molar-refractivity contribution is 0.0954. The average Bonchev–Trinajstić information content (AvgIpc) is 2.59. The number of halogens is 1. The molecule has 26 heavy (non-hydrogen) atoms. The van der Waals surface area contributed by atoms with E-state index in [9.17, 15) is 4.79 Å². The zero-order valence-corrected chi connectivity index (χ0v) is 18.1. The molecule has 1 amide bonds. The standard InChI is InChI=1S/C19H32BrN5O/c1-14(2)25(15(3)4)12-11-24-19(21-5)23-10-9-22-18(26)16-7-6-8-17(20)13-16/h6-8,13-15H,9-12H2,1-5H3,(H,22,26)(H2,21,23,24). The lowest BCUT2D eigenvalue weighted by Crippen LogP contribution is -2.46. The van der Waals surface area contributed by atoms with Gasteiger partial charge in [-0.05, 0) is 45.9 Å². The minimum absolute atomic E-state index is 0.0828. The highest BCUT2D eigenvalue weighted by Crippen LogP contribution is 2.11. The number of hydrogen-bond acceptors (Lipinski definition) is 3. The second-order valence-corrected chi connectivity index (χ2v) is 7.53. The number of aliphatic imine (C=N–C) groups is 1. The van der Waals surface area contributed by atoms with Gasteiger partial charge in [-0.3, -0.25) is 14.7 Å². The topological polar surface area (TPSA) is 68.8 Å². The summed E-state index contributed by atoms with van der Waals surface area (Å²) in [4.78, 5) is 18.7. The summed E-state index contributed by atoms with van der Waals surface area (Å²) in [5.74, 6) is 0.662. The van der Waals surface area contributed by atoms with E-state index in [2.05, 4.69) is 69.5 Å². The maximum atomic E-state index is 12.1. The largest absolute Gasteiger partial charge is 0.355 e. The molecule has 0 aliphatic heterocycles. The van der Waals surface area contributed by atoms with Crippen molar-refractivity contribution < 1.29 is 4.79 Å². The van der Waals surface area contributed by atoms with Gasteiger partial charge in [0, 0.05) is 55.3 Å². The van der Waals surface area contributed by atoms with Crippen LogP contribution in [0.25, 0.3) is 0 Å². The third-order valence-electron chi connectivity index (χ3n) is 4.00. The van der Waals surface area contributed by atoms with Gasteiger partial charge in [0.25, 0.3) is 5.91 Å². The molecule has 0 aromatic heterocycles. The molecule has 0 heterocycles. The maximum Gasteiger partial charge on any atom is 0.251 e. The Hall–Kier alpha value is -1.60. The number of benzene rings is 1. The first kappa shape index (κ1) is 22.4. The molecule has 6 nitrogen and oxygen atoms in total. The Labute approximate surface area is 166 Å². The van der Waals surface area contributed by atoms with Crippen molar-refractivity contribution >= 4 is 27.8 Å². The van der Waals surface area contributed by atoms with Gasteiger partial charge in [0.05, 0.1) is 0 Å². The van der Waals surface area contributed by atoms with Gasteiger partial charge in [0.1, 0.15) is 0 Å². The molecule has 3 N–H and O–H groups in total. The fraction of sp³-hybridized carbons (Fsp3) is 0.579. The van der Waals surface area contributed by atoms with E-state index < -0.39 is 0 Å². The zero-order valence-electron chi connectivity index (χ0n) is 16.5. The molecule has 0 spiro atoms. The summed E-state index contributed by atoms with van der Waals surface area (Å²) in [6.07, 6.45) is 0. The van der Waals surface area contributed by atoms with Gasteiger partial charge >= 0.3 is 0 Å². The number of carbonyl (C=O) groups excluding carboxylic acids is 1. The normalized spacial score (nSPS) is 12.0. The summed E-state index contributed by atoms with van der Waals surface area (Å²) in [7, 11) is 1.75. The third kappa shape index (κ3) is 8.19. The van der Waals surface area contributed by atoms with Crippen LogP contribution in [0.2, 0.25) is 0 Å². The number of guanidine groups is 1. The summed E-state index contributed by atoms with van der Waals surface area (Å²) in [5, 5.41) is 9.43. The van der Waals surface area contributed by atoms with Crippen molar-refractivity contribution in [2.45, 2.75) is 39.8 Å². The molecule has 146 valence electrons. The number of nitrogens with one attached hydrogen (secondary N) is 3. The molecule has 0 fully saturated rings. The number of rotatable bonds is 9. The maximum absolute atomic E-state index is 12.1. The van der Waals surface area contributed by atoms with Crippen LogP contribution < -0.4 is 16.0 Å². The van der Waals surface area contributed by atoms with Crippen molar-refractivity contribution in [1.82, 2.24) is 20.9 Å². The molecular formula is C19H32BrN5O. The highest BCUT2D eigenvalue weighted by atomic mass is 79.9. The number of carbonyl (C=O) groups is 1. The van der Waals surface area contributed by atoms with Crippen molar-refractivity contribution in [2.75, 3.05) is 33.2 Å². The summed E-state index contributed by atoms with van der Waals surface area (Å²) in [6.45, 7) is 11.7. The summed E-state index contributed by atoms with van der Waals surface area (Å²) >= 11 is 3.37. The van der Waals surface area contributed by atoms with Crippen LogP contribution in [0.15, 0.2) is 33.7 Å². The molecule has 0 radical (unpaired) electrons. The van der Waals surface area contributed by atoms with Crippen LogP contribution in [0.5, 0.6) is 0 Å². The Morgan fingerprint density at radius 1 is 1.08 bits per heavy atom. The van der Waals surface area contributed by atoms with E-state index in [1.807, 2.05) is 12.1 Å². The van der Waals surface area contributed by atoms with E-state index in [1.165, 1.54) is 0 Å². The summed E-state index contributed by atoms with van der Waals surface area (Å²) in [6, 6.07) is 8.37. The SMILES string of the molecule is CN=C(NCCNC(=O)c1cccc(Br)c1)NCCN(C(C)C)C(C)C. The second kappa shape index (κ2) is 11.9. The Morgan fingerprint density at radius 2 is 1.69 bits per heavy atom. The molecule has 7 heteroatoms. The molecule has 0 saturated carbocycles. The van der Waals surface area contributed by atoms with Gasteiger partial charge in [-0.25, -0.2) is 0 Å². The molecule has 0 aliphatic carbocycles. The first-order valence-electron chi connectivity index (χ1n) is 9.09. The van der Waals surface area contributed by atoms with Gasteiger partial charge in [-0.1, -0.05) is 22.0 Å². The van der Waals surface area contributed by atoms with Crippen LogP contribution in [0.4, 0.5) is 0 Å². The molecule has 0 aliphatic rings. The molecule has 0 bridgehead atoms. The highest BCUT2D eigenvalue weighted by molar-refractivity contribution is 9.10. The van der Waals surface area contributed by atoms with Crippen molar-refractivity contribution in [3.8, 4) is 0 Å². The Balaban J connectivity index is 2.29. The van der Waals surface area contributed by atoms with Crippen LogP contribution in [0.1, 0.15) is 38.1 Å². The molecule has 0 unspecified atom stereocenters. The Kier molecular flexibility index (Phi) is 10.3. The Morgan fingerprint density at radius 3 is 2.27 bits per heavy atom. The number of amides is 1. The predicted molar refractivity (Wildman–Crippen MR) is 113 cm³/mol. The van der Waals surface area contributed by atoms with E-state index >= 15 is 0 Å². The molecule has 1 aromatic carbocycles. The van der Waals surface area contributed by atoms with Crippen LogP contribution in [-0.4, -0.2) is 62.1 Å². The van der Waals surface area contributed by atoms with Gasteiger partial charge in [-0.2, -0.15) is 0 Å². The van der Waals surface area contributed by atoms with E-state index in [0.29, 0.717) is 30.7 Å². The average molecular weight is 426 g/mol. The summed E-state index contributed by atoms with van der Waals surface area (Å²) < 4.78 is 0.893. The lowest BCUT2D eigenvalue weighted by atomic mass is 10.2. The van der Waals surface area contributed by atoms with Crippen molar-refractivity contribution in [3.63, 3.8) is 0 Å². The van der Waals surface area contributed by atoms with E-state index in [4.69, 9.17) is 0 Å². The van der Waals surface area contributed by atoms with E-state index in [-0.39, 0.29) is 5.91 Å². The predicted octanol–water partition coefficient (Wildman–Crippen LogP) is 2.46. The first-order valence-corrected chi connectivity index (χ1v) is 9.88. The van der Waals surface area contributed by atoms with E-state index in [0.717, 1.165) is 23.5 Å². The Bertz CT molecular complexity index is 581. The smallest absolute Gasteiger partial charge is 0.251 e. The van der Waals surface area contributed by atoms with Crippen molar-refractivity contribution in [2.24, 2.45) is 4.99 Å². The van der Waals surface area contributed by atoms with E-state index in [1.54, 1.807) is 19.2 Å². The van der Waals surface area contributed by atoms with Gasteiger partial charge in [-0.15, -0.1) is 0 Å². The fourth-order valence-corrected chi connectivity index (χ4v) is 3.12. The van der Waals surface area contributed by atoms with Crippen LogP contribution in [-0.2, 0) is 0 Å². The molecule has 1 rings (SSSR count). The van der Waals surface area contributed by atoms with Crippen LogP contribution in [0, 0.1) is 0 Å². The monoisotopic (exact) mass is 425 g/mol. The number of hydrogen-bond donors (Lipinski definition) is 3. The van der Waals surface area contributed by atoms with Crippen molar-refractivity contribution in [3.05, 3.63) is 34.3 Å². The summed E-state index contributed by atoms with van der Waals surface area (Å²) in [5.41, 5.74) is 0.643. The second-order valence-electron chi connectivity index (χ2n) is 6.62. The minimum atomic E-state index is -0.0828. The van der Waals surface area contributed by atoms with Gasteiger partial charge < -0.3 is 16.0 Å². The zero-order chi connectivity index (χ0) is 19.5.